The first-order valence-electron chi connectivity index (χ1n) is 12.8. The summed E-state index contributed by atoms with van der Waals surface area (Å²) in [5.41, 5.74) is 5.68. The third kappa shape index (κ3) is 5.30. The van der Waals surface area contributed by atoms with Gasteiger partial charge in [-0.25, -0.2) is 0 Å². The third-order valence-electron chi connectivity index (χ3n) is 7.38. The normalized spacial score (nSPS) is 15.1. The summed E-state index contributed by atoms with van der Waals surface area (Å²) in [6.45, 7) is 6.58. The molecular formula is C29H34ClN5O2. The van der Waals surface area contributed by atoms with Crippen LogP contribution in [0.15, 0.2) is 55.0 Å². The minimum Gasteiger partial charge on any atom is -0.493 e. The number of methoxy groups -OCH3 is 2. The maximum Gasteiger partial charge on any atom is 0.166 e. The highest BCUT2D eigenvalue weighted by Crippen LogP contribution is 2.44. The van der Waals surface area contributed by atoms with Crippen LogP contribution in [0.1, 0.15) is 34.7 Å². The average Bonchev–Trinajstić information content (AvgIpc) is 3.33. The van der Waals surface area contributed by atoms with E-state index >= 15 is 0 Å². The number of hydrogen-bond donors (Lipinski definition) is 1. The molecule has 4 aromatic rings. The minimum atomic E-state index is 0.129. The van der Waals surface area contributed by atoms with Crippen molar-refractivity contribution in [1.82, 2.24) is 25.0 Å². The maximum absolute atomic E-state index is 6.46. The van der Waals surface area contributed by atoms with Gasteiger partial charge in [0.2, 0.25) is 0 Å². The average molecular weight is 520 g/mol. The van der Waals surface area contributed by atoms with Gasteiger partial charge in [0, 0.05) is 66.7 Å². The van der Waals surface area contributed by atoms with E-state index in [0.29, 0.717) is 6.54 Å². The number of hydrogen-bond acceptors (Lipinski definition) is 6. The number of benzene rings is 2. The van der Waals surface area contributed by atoms with Gasteiger partial charge in [0.05, 0.1) is 32.5 Å². The van der Waals surface area contributed by atoms with Crippen LogP contribution in [0, 0.1) is 6.92 Å². The van der Waals surface area contributed by atoms with Gasteiger partial charge in [-0.15, -0.1) is 0 Å². The van der Waals surface area contributed by atoms with Crippen LogP contribution in [-0.4, -0.2) is 60.1 Å². The van der Waals surface area contributed by atoms with Gasteiger partial charge in [0.25, 0.3) is 0 Å². The van der Waals surface area contributed by atoms with Gasteiger partial charge in [0.15, 0.2) is 11.5 Å². The number of piperazine rings is 1. The molecular weight excluding hydrogens is 486 g/mol. The molecule has 0 spiro atoms. The molecule has 0 aliphatic carbocycles. The van der Waals surface area contributed by atoms with Crippen LogP contribution in [0.5, 0.6) is 11.5 Å². The molecule has 1 atom stereocenters. The number of aryl methyl sites for hydroxylation is 1. The fraction of sp³-hybridized carbons (Fsp3) is 0.379. The number of rotatable bonds is 9. The standard InChI is InChI=1S/C29H34ClN5O2/c1-20-22(7-4-8-24(20)30)9-10-25(34-14-12-31-13-15-34)28-23-18-33-35(19-21-6-5-11-32-17-21)26(23)16-27(36-2)29(28)37-3/h4-8,11,16-18,25,31H,9-10,12-15,19H2,1-3H3. The minimum absolute atomic E-state index is 0.129. The molecule has 5 rings (SSSR count). The number of halogens is 1. The summed E-state index contributed by atoms with van der Waals surface area (Å²) in [6.07, 6.45) is 7.48. The molecule has 1 saturated heterocycles. The van der Waals surface area contributed by atoms with Gasteiger partial charge in [-0.2, -0.15) is 5.10 Å². The van der Waals surface area contributed by atoms with Gasteiger partial charge in [-0.3, -0.25) is 14.6 Å². The van der Waals surface area contributed by atoms with E-state index in [1.807, 2.05) is 41.3 Å². The molecule has 2 aromatic heterocycles. The quantitative estimate of drug-likeness (QED) is 0.334. The van der Waals surface area contributed by atoms with Crippen LogP contribution in [0.2, 0.25) is 5.02 Å². The molecule has 0 amide bonds. The summed E-state index contributed by atoms with van der Waals surface area (Å²) in [4.78, 5) is 6.83. The second-order valence-corrected chi connectivity index (χ2v) is 9.89. The lowest BCUT2D eigenvalue weighted by molar-refractivity contribution is 0.163. The highest BCUT2D eigenvalue weighted by molar-refractivity contribution is 6.31. The van der Waals surface area contributed by atoms with Crippen molar-refractivity contribution in [3.63, 3.8) is 0 Å². The van der Waals surface area contributed by atoms with Crippen molar-refractivity contribution in [3.05, 3.63) is 82.3 Å². The van der Waals surface area contributed by atoms with Gasteiger partial charge in [-0.05, 0) is 48.6 Å². The molecule has 2 aromatic carbocycles. The summed E-state index contributed by atoms with van der Waals surface area (Å²) < 4.78 is 13.9. The first-order chi connectivity index (χ1) is 18.1. The smallest absolute Gasteiger partial charge is 0.166 e. The predicted octanol–water partition coefficient (Wildman–Crippen LogP) is 5.04. The number of ether oxygens (including phenoxy) is 2. The van der Waals surface area contributed by atoms with Crippen molar-refractivity contribution in [2.75, 3.05) is 40.4 Å². The molecule has 37 heavy (non-hydrogen) atoms. The van der Waals surface area contributed by atoms with Crippen molar-refractivity contribution in [2.45, 2.75) is 32.4 Å². The zero-order valence-corrected chi connectivity index (χ0v) is 22.5. The van der Waals surface area contributed by atoms with Crippen molar-refractivity contribution < 1.29 is 9.47 Å². The first kappa shape index (κ1) is 25.5. The Kier molecular flexibility index (Phi) is 7.93. The van der Waals surface area contributed by atoms with Crippen LogP contribution in [0.3, 0.4) is 0 Å². The molecule has 8 heteroatoms. The molecule has 7 nitrogen and oxygen atoms in total. The SMILES string of the molecule is COc1cc2c(cnn2Cc2cccnc2)c(C(CCc2cccc(Cl)c2C)N2CCNCC2)c1OC. The lowest BCUT2D eigenvalue weighted by Crippen LogP contribution is -2.45. The Labute approximate surface area is 223 Å². The lowest BCUT2D eigenvalue weighted by Gasteiger charge is -2.36. The number of nitrogens with one attached hydrogen (secondary N) is 1. The monoisotopic (exact) mass is 519 g/mol. The highest BCUT2D eigenvalue weighted by Gasteiger charge is 2.30. The van der Waals surface area contributed by atoms with E-state index in [-0.39, 0.29) is 6.04 Å². The van der Waals surface area contributed by atoms with Gasteiger partial charge >= 0.3 is 0 Å². The van der Waals surface area contributed by atoms with Crippen LogP contribution < -0.4 is 14.8 Å². The maximum atomic E-state index is 6.46. The van der Waals surface area contributed by atoms with E-state index < -0.39 is 0 Å². The summed E-state index contributed by atoms with van der Waals surface area (Å²) >= 11 is 6.46. The molecule has 1 N–H and O–H groups in total. The molecule has 0 saturated carbocycles. The van der Waals surface area contributed by atoms with Gasteiger partial charge in [-0.1, -0.05) is 29.8 Å². The number of nitrogens with zero attached hydrogens (tertiary/aromatic N) is 4. The number of fused-ring (bicyclic) bond motifs is 1. The molecule has 1 fully saturated rings. The van der Waals surface area contributed by atoms with E-state index in [0.717, 1.165) is 83.1 Å². The molecule has 1 aliphatic rings. The van der Waals surface area contributed by atoms with Crippen LogP contribution in [0.4, 0.5) is 0 Å². The van der Waals surface area contributed by atoms with E-state index in [4.69, 9.17) is 26.2 Å². The predicted molar refractivity (Wildman–Crippen MR) is 148 cm³/mol. The number of pyridine rings is 1. The first-order valence-corrected chi connectivity index (χ1v) is 13.2. The van der Waals surface area contributed by atoms with Crippen molar-refractivity contribution in [2.24, 2.45) is 0 Å². The Morgan fingerprint density at radius 3 is 2.65 bits per heavy atom. The van der Waals surface area contributed by atoms with Gasteiger partial charge < -0.3 is 14.8 Å². The Balaban J connectivity index is 1.61. The van der Waals surface area contributed by atoms with Crippen molar-refractivity contribution in [1.29, 1.82) is 0 Å². The summed E-state index contributed by atoms with van der Waals surface area (Å²) in [5, 5.41) is 10.2. The largest absolute Gasteiger partial charge is 0.493 e. The van der Waals surface area contributed by atoms with Crippen LogP contribution >= 0.6 is 11.6 Å². The van der Waals surface area contributed by atoms with E-state index in [2.05, 4.69) is 34.3 Å². The zero-order valence-electron chi connectivity index (χ0n) is 21.7. The number of aromatic nitrogens is 3. The fourth-order valence-electron chi connectivity index (χ4n) is 5.40. The van der Waals surface area contributed by atoms with E-state index in [1.165, 1.54) is 5.56 Å². The molecule has 3 heterocycles. The zero-order chi connectivity index (χ0) is 25.8. The van der Waals surface area contributed by atoms with E-state index in [9.17, 15) is 0 Å². The second-order valence-electron chi connectivity index (χ2n) is 9.49. The lowest BCUT2D eigenvalue weighted by atomic mass is 9.92. The molecule has 194 valence electrons. The fourth-order valence-corrected chi connectivity index (χ4v) is 5.60. The van der Waals surface area contributed by atoms with Crippen molar-refractivity contribution >= 4 is 22.5 Å². The molecule has 1 unspecified atom stereocenters. The topological polar surface area (TPSA) is 64.4 Å². The Hall–Kier alpha value is -3.13. The van der Waals surface area contributed by atoms with Crippen LogP contribution in [-0.2, 0) is 13.0 Å². The van der Waals surface area contributed by atoms with Crippen molar-refractivity contribution in [3.8, 4) is 11.5 Å². The Bertz CT molecular complexity index is 1350. The third-order valence-corrected chi connectivity index (χ3v) is 7.79. The molecule has 1 aliphatic heterocycles. The highest BCUT2D eigenvalue weighted by atomic mass is 35.5. The summed E-state index contributed by atoms with van der Waals surface area (Å²) in [5.74, 6) is 1.50. The Morgan fingerprint density at radius 1 is 1.08 bits per heavy atom. The second kappa shape index (κ2) is 11.5. The summed E-state index contributed by atoms with van der Waals surface area (Å²) in [7, 11) is 3.42. The summed E-state index contributed by atoms with van der Waals surface area (Å²) in [6, 6.07) is 12.4. The van der Waals surface area contributed by atoms with E-state index in [1.54, 1.807) is 20.4 Å². The van der Waals surface area contributed by atoms with Gasteiger partial charge in [0.1, 0.15) is 0 Å². The van der Waals surface area contributed by atoms with Crippen LogP contribution in [0.25, 0.3) is 10.9 Å². The molecule has 0 bridgehead atoms. The molecule has 0 radical (unpaired) electrons. The Morgan fingerprint density at radius 2 is 1.92 bits per heavy atom.